The summed E-state index contributed by atoms with van der Waals surface area (Å²) in [4.78, 5) is 15.0. The zero-order valence-electron chi connectivity index (χ0n) is 18.9. The van der Waals surface area contributed by atoms with E-state index in [-0.39, 0.29) is 19.4 Å². The molecule has 7 heteroatoms. The van der Waals surface area contributed by atoms with Crippen molar-refractivity contribution in [3.05, 3.63) is 82.4 Å². The molecule has 0 fully saturated rings. The van der Waals surface area contributed by atoms with Gasteiger partial charge in [0.1, 0.15) is 6.61 Å². The first-order valence-corrected chi connectivity index (χ1v) is 11.4. The maximum atomic E-state index is 12.6. The van der Waals surface area contributed by atoms with Gasteiger partial charge in [-0.15, -0.1) is 0 Å². The molecule has 3 aliphatic rings. The number of nitrogens with zero attached hydrogens (tertiary/aromatic N) is 1. The molecule has 34 heavy (non-hydrogen) atoms. The lowest BCUT2D eigenvalue weighted by Gasteiger charge is -2.41. The molecule has 0 spiro atoms. The summed E-state index contributed by atoms with van der Waals surface area (Å²) in [6, 6.07) is 17.9. The first-order chi connectivity index (χ1) is 16.7. The molecule has 3 heterocycles. The van der Waals surface area contributed by atoms with E-state index in [1.54, 1.807) is 7.11 Å². The minimum absolute atomic E-state index is 0.151. The van der Waals surface area contributed by atoms with Crippen molar-refractivity contribution in [1.29, 1.82) is 0 Å². The van der Waals surface area contributed by atoms with Crippen LogP contribution in [0, 0.1) is 0 Å². The Bertz CT molecular complexity index is 1240. The second-order valence-corrected chi connectivity index (χ2v) is 8.71. The van der Waals surface area contributed by atoms with Gasteiger partial charge < -0.3 is 23.7 Å². The molecule has 7 nitrogen and oxygen atoms in total. The van der Waals surface area contributed by atoms with Gasteiger partial charge in [-0.2, -0.15) is 0 Å². The van der Waals surface area contributed by atoms with Crippen LogP contribution in [0.25, 0.3) is 0 Å². The molecule has 3 aromatic rings. The zero-order chi connectivity index (χ0) is 23.1. The SMILES string of the molecule is COc1ccc2c(c1OC(=O)OCc1ccccc1)CN1CCc3cc4c(cc3C1C2)OCO4. The number of hydrogen-bond donors (Lipinski definition) is 0. The molecule has 0 radical (unpaired) electrons. The van der Waals surface area contributed by atoms with Crippen LogP contribution in [0.2, 0.25) is 0 Å². The number of ether oxygens (including phenoxy) is 5. The van der Waals surface area contributed by atoms with E-state index in [4.69, 9.17) is 23.7 Å². The smallest absolute Gasteiger partial charge is 0.493 e. The zero-order valence-corrected chi connectivity index (χ0v) is 18.9. The summed E-state index contributed by atoms with van der Waals surface area (Å²) >= 11 is 0. The Hall–Kier alpha value is -3.71. The Balaban J connectivity index is 1.26. The third kappa shape index (κ3) is 3.72. The molecular formula is C27H25NO6. The first-order valence-electron chi connectivity index (χ1n) is 11.4. The van der Waals surface area contributed by atoms with Gasteiger partial charge in [0.15, 0.2) is 23.0 Å². The Morgan fingerprint density at radius 3 is 2.71 bits per heavy atom. The fourth-order valence-electron chi connectivity index (χ4n) is 5.10. The standard InChI is InChI=1S/C27H25NO6/c1-30-23-8-7-18-11-22-20-13-25-24(32-16-33-25)12-19(20)9-10-28(22)14-21(18)26(23)34-27(29)31-15-17-5-3-2-4-6-17/h2-8,12-13,22H,9-11,14-16H2,1H3. The molecule has 174 valence electrons. The monoisotopic (exact) mass is 459 g/mol. The highest BCUT2D eigenvalue weighted by atomic mass is 16.7. The predicted octanol–water partition coefficient (Wildman–Crippen LogP) is 4.80. The molecule has 0 amide bonds. The van der Waals surface area contributed by atoms with Crippen LogP contribution in [0.4, 0.5) is 4.79 Å². The van der Waals surface area contributed by atoms with Crippen LogP contribution in [0.15, 0.2) is 54.6 Å². The van der Waals surface area contributed by atoms with Crippen molar-refractivity contribution in [3.63, 3.8) is 0 Å². The maximum absolute atomic E-state index is 12.6. The van der Waals surface area contributed by atoms with Crippen LogP contribution in [0.5, 0.6) is 23.0 Å². The summed E-state index contributed by atoms with van der Waals surface area (Å²) < 4.78 is 27.8. The number of carbonyl (C=O) groups excluding carboxylic acids is 1. The highest BCUT2D eigenvalue weighted by molar-refractivity contribution is 5.67. The van der Waals surface area contributed by atoms with Crippen LogP contribution in [0.3, 0.4) is 0 Å². The van der Waals surface area contributed by atoms with Crippen molar-refractivity contribution in [3.8, 4) is 23.0 Å². The van der Waals surface area contributed by atoms with Gasteiger partial charge in [-0.3, -0.25) is 4.90 Å². The van der Waals surface area contributed by atoms with Crippen LogP contribution >= 0.6 is 0 Å². The normalized spacial score (nSPS) is 17.9. The van der Waals surface area contributed by atoms with E-state index >= 15 is 0 Å². The number of carbonyl (C=O) groups is 1. The Labute approximate surface area is 197 Å². The van der Waals surface area contributed by atoms with Crippen LogP contribution in [0.1, 0.15) is 33.9 Å². The highest BCUT2D eigenvalue weighted by Gasteiger charge is 2.36. The number of fused-ring (bicyclic) bond motifs is 5. The molecule has 6 rings (SSSR count). The summed E-state index contributed by atoms with van der Waals surface area (Å²) in [5.41, 5.74) is 5.59. The minimum atomic E-state index is -0.741. The fraction of sp³-hybridized carbons (Fsp3) is 0.296. The molecule has 0 aliphatic carbocycles. The van der Waals surface area contributed by atoms with E-state index in [1.165, 1.54) is 11.1 Å². The lowest BCUT2D eigenvalue weighted by Crippen LogP contribution is -2.39. The topological polar surface area (TPSA) is 66.5 Å². The third-order valence-electron chi connectivity index (χ3n) is 6.80. The van der Waals surface area contributed by atoms with Gasteiger partial charge in [0.25, 0.3) is 0 Å². The number of rotatable bonds is 4. The number of benzene rings is 3. The van der Waals surface area contributed by atoms with Crippen molar-refractivity contribution >= 4 is 6.16 Å². The second kappa shape index (κ2) is 8.57. The molecule has 0 saturated heterocycles. The molecule has 0 aromatic heterocycles. The third-order valence-corrected chi connectivity index (χ3v) is 6.80. The second-order valence-electron chi connectivity index (χ2n) is 8.71. The van der Waals surface area contributed by atoms with Crippen LogP contribution in [-0.4, -0.2) is 31.5 Å². The van der Waals surface area contributed by atoms with Gasteiger partial charge in [0, 0.05) is 24.7 Å². The van der Waals surface area contributed by atoms with Crippen molar-refractivity contribution in [2.45, 2.75) is 32.0 Å². The summed E-state index contributed by atoms with van der Waals surface area (Å²) in [7, 11) is 1.58. The lowest BCUT2D eigenvalue weighted by molar-refractivity contribution is 0.0897. The minimum Gasteiger partial charge on any atom is -0.493 e. The molecule has 0 saturated carbocycles. The van der Waals surface area contributed by atoms with E-state index in [9.17, 15) is 4.79 Å². The fourth-order valence-corrected chi connectivity index (χ4v) is 5.10. The Morgan fingerprint density at radius 1 is 1.06 bits per heavy atom. The molecular weight excluding hydrogens is 434 g/mol. The Morgan fingerprint density at radius 2 is 1.88 bits per heavy atom. The molecule has 0 bridgehead atoms. The molecule has 0 N–H and O–H groups in total. The summed E-state index contributed by atoms with van der Waals surface area (Å²) in [5.74, 6) is 2.60. The molecule has 3 aromatic carbocycles. The van der Waals surface area contributed by atoms with E-state index in [1.807, 2.05) is 36.4 Å². The highest BCUT2D eigenvalue weighted by Crippen LogP contribution is 2.46. The number of hydrogen-bond acceptors (Lipinski definition) is 7. The van der Waals surface area contributed by atoms with E-state index < -0.39 is 6.16 Å². The number of methoxy groups -OCH3 is 1. The average molecular weight is 459 g/mol. The summed E-state index contributed by atoms with van der Waals surface area (Å²) in [6.45, 7) is 1.99. The summed E-state index contributed by atoms with van der Waals surface area (Å²) in [6.07, 6.45) is 0.993. The van der Waals surface area contributed by atoms with Gasteiger partial charge in [-0.1, -0.05) is 36.4 Å². The first kappa shape index (κ1) is 20.9. The largest absolute Gasteiger partial charge is 0.514 e. The van der Waals surface area contributed by atoms with E-state index in [0.717, 1.165) is 47.6 Å². The van der Waals surface area contributed by atoms with Gasteiger partial charge in [0.2, 0.25) is 6.79 Å². The summed E-state index contributed by atoms with van der Waals surface area (Å²) in [5, 5.41) is 0. The lowest BCUT2D eigenvalue weighted by atomic mass is 9.83. The van der Waals surface area contributed by atoms with Gasteiger partial charge in [-0.05, 0) is 53.3 Å². The van der Waals surface area contributed by atoms with Gasteiger partial charge >= 0.3 is 6.16 Å². The van der Waals surface area contributed by atoms with Crippen molar-refractivity contribution < 1.29 is 28.5 Å². The van der Waals surface area contributed by atoms with Crippen molar-refractivity contribution in [1.82, 2.24) is 4.90 Å². The van der Waals surface area contributed by atoms with E-state index in [2.05, 4.69) is 23.1 Å². The quantitative estimate of drug-likeness (QED) is 0.410. The van der Waals surface area contributed by atoms with Crippen LogP contribution in [-0.2, 0) is 30.7 Å². The Kier molecular flexibility index (Phi) is 5.26. The van der Waals surface area contributed by atoms with Crippen molar-refractivity contribution in [2.75, 3.05) is 20.4 Å². The van der Waals surface area contributed by atoms with E-state index in [0.29, 0.717) is 18.0 Å². The maximum Gasteiger partial charge on any atom is 0.514 e. The average Bonchev–Trinajstić information content (AvgIpc) is 3.33. The van der Waals surface area contributed by atoms with Crippen molar-refractivity contribution in [2.24, 2.45) is 0 Å². The predicted molar refractivity (Wildman–Crippen MR) is 123 cm³/mol. The molecule has 1 atom stereocenters. The van der Waals surface area contributed by atoms with Gasteiger partial charge in [-0.25, -0.2) is 4.79 Å². The van der Waals surface area contributed by atoms with Gasteiger partial charge in [0.05, 0.1) is 7.11 Å². The van der Waals surface area contributed by atoms with Crippen LogP contribution < -0.4 is 18.9 Å². The molecule has 1 unspecified atom stereocenters. The molecule has 3 aliphatic heterocycles.